The van der Waals surface area contributed by atoms with Crippen LogP contribution >= 0.6 is 39.1 Å². The van der Waals surface area contributed by atoms with Gasteiger partial charge in [0.25, 0.3) is 10.0 Å². The third kappa shape index (κ3) is 3.63. The van der Waals surface area contributed by atoms with E-state index in [0.29, 0.717) is 15.2 Å². The Labute approximate surface area is 141 Å². The Morgan fingerprint density at radius 3 is 2.52 bits per heavy atom. The van der Waals surface area contributed by atoms with Crippen LogP contribution in [-0.4, -0.2) is 8.42 Å². The first-order chi connectivity index (χ1) is 9.70. The van der Waals surface area contributed by atoms with E-state index < -0.39 is 10.0 Å². The number of sulfonamides is 1. The average Bonchev–Trinajstić information content (AvgIpc) is 2.38. The van der Waals surface area contributed by atoms with Crippen LogP contribution in [0, 0.1) is 6.92 Å². The molecule has 0 unspecified atom stereocenters. The van der Waals surface area contributed by atoms with Gasteiger partial charge in [-0.25, -0.2) is 8.42 Å². The van der Waals surface area contributed by atoms with Gasteiger partial charge in [0.15, 0.2) is 0 Å². The number of halogens is 3. The Morgan fingerprint density at radius 1 is 1.19 bits per heavy atom. The zero-order valence-electron chi connectivity index (χ0n) is 10.8. The van der Waals surface area contributed by atoms with Gasteiger partial charge in [0.2, 0.25) is 0 Å². The maximum absolute atomic E-state index is 12.4. The molecule has 0 aromatic heterocycles. The maximum atomic E-state index is 12.4. The van der Waals surface area contributed by atoms with Crippen molar-refractivity contribution in [2.24, 2.45) is 0 Å². The molecule has 0 aliphatic carbocycles. The van der Waals surface area contributed by atoms with Crippen molar-refractivity contribution in [1.82, 2.24) is 0 Å². The zero-order chi connectivity index (χ0) is 15.8. The Kier molecular flexibility index (Phi) is 4.72. The molecule has 2 aromatic carbocycles. The normalized spacial score (nSPS) is 11.4. The highest BCUT2D eigenvalue weighted by Crippen LogP contribution is 2.32. The fourth-order valence-corrected chi connectivity index (χ4v) is 3.98. The molecule has 0 aliphatic heterocycles. The van der Waals surface area contributed by atoms with Crippen molar-refractivity contribution in [2.75, 3.05) is 10.5 Å². The van der Waals surface area contributed by atoms with Crippen LogP contribution in [0.1, 0.15) is 5.56 Å². The maximum Gasteiger partial charge on any atom is 0.264 e. The SMILES string of the molecule is Cc1cc(Br)c(NS(=O)(=O)c2cc(Cl)ccc2N)cc1Cl. The molecule has 0 fully saturated rings. The topological polar surface area (TPSA) is 72.2 Å². The first-order valence-corrected chi connectivity index (χ1v) is 8.77. The predicted molar refractivity (Wildman–Crippen MR) is 90.6 cm³/mol. The van der Waals surface area contributed by atoms with E-state index in [1.54, 1.807) is 6.07 Å². The summed E-state index contributed by atoms with van der Waals surface area (Å²) in [5.74, 6) is 0. The largest absolute Gasteiger partial charge is 0.398 e. The molecule has 0 saturated heterocycles. The summed E-state index contributed by atoms with van der Waals surface area (Å²) in [7, 11) is -3.87. The quantitative estimate of drug-likeness (QED) is 0.735. The van der Waals surface area contributed by atoms with E-state index >= 15 is 0 Å². The van der Waals surface area contributed by atoms with Gasteiger partial charge in [-0.05, 0) is 58.7 Å². The molecule has 0 amide bonds. The molecule has 2 rings (SSSR count). The number of benzene rings is 2. The molecule has 0 bridgehead atoms. The van der Waals surface area contributed by atoms with Gasteiger partial charge in [-0.3, -0.25) is 4.72 Å². The van der Waals surface area contributed by atoms with E-state index in [4.69, 9.17) is 28.9 Å². The van der Waals surface area contributed by atoms with Gasteiger partial charge in [0.05, 0.1) is 11.4 Å². The van der Waals surface area contributed by atoms with Crippen molar-refractivity contribution < 1.29 is 8.42 Å². The fraction of sp³-hybridized carbons (Fsp3) is 0.0769. The summed E-state index contributed by atoms with van der Waals surface area (Å²) >= 11 is 15.1. The number of hydrogen-bond acceptors (Lipinski definition) is 3. The minimum Gasteiger partial charge on any atom is -0.398 e. The molecule has 4 nitrogen and oxygen atoms in total. The van der Waals surface area contributed by atoms with E-state index in [1.807, 2.05) is 6.92 Å². The first-order valence-electron chi connectivity index (χ1n) is 5.74. The molecule has 112 valence electrons. The van der Waals surface area contributed by atoms with Crippen LogP contribution in [0.15, 0.2) is 39.7 Å². The number of nitrogen functional groups attached to an aromatic ring is 1. The minimum absolute atomic E-state index is 0.0846. The Morgan fingerprint density at radius 2 is 1.86 bits per heavy atom. The number of hydrogen-bond donors (Lipinski definition) is 2. The second-order valence-corrected chi connectivity index (χ2v) is 7.72. The van der Waals surface area contributed by atoms with Crippen molar-refractivity contribution in [3.05, 3.63) is 50.4 Å². The van der Waals surface area contributed by atoms with Crippen LogP contribution in [0.5, 0.6) is 0 Å². The second-order valence-electron chi connectivity index (χ2n) is 4.37. The fourth-order valence-electron chi connectivity index (χ4n) is 1.67. The molecule has 0 atom stereocenters. The third-order valence-electron chi connectivity index (χ3n) is 2.76. The smallest absolute Gasteiger partial charge is 0.264 e. The number of aryl methyl sites for hydroxylation is 1. The minimum atomic E-state index is -3.87. The van der Waals surface area contributed by atoms with Crippen molar-refractivity contribution in [2.45, 2.75) is 11.8 Å². The molecule has 0 radical (unpaired) electrons. The van der Waals surface area contributed by atoms with Crippen LogP contribution < -0.4 is 10.5 Å². The first kappa shape index (κ1) is 16.4. The summed E-state index contributed by atoms with van der Waals surface area (Å²) < 4.78 is 27.8. The Bertz CT molecular complexity index is 810. The van der Waals surface area contributed by atoms with Gasteiger partial charge < -0.3 is 5.73 Å². The van der Waals surface area contributed by atoms with Crippen molar-refractivity contribution in [3.63, 3.8) is 0 Å². The number of nitrogens with one attached hydrogen (secondary N) is 1. The monoisotopic (exact) mass is 408 g/mol. The van der Waals surface area contributed by atoms with Crippen LogP contribution in [0.3, 0.4) is 0 Å². The lowest BCUT2D eigenvalue weighted by Gasteiger charge is -2.13. The Balaban J connectivity index is 2.47. The van der Waals surface area contributed by atoms with Gasteiger partial charge >= 0.3 is 0 Å². The molecule has 0 heterocycles. The zero-order valence-corrected chi connectivity index (χ0v) is 14.7. The van der Waals surface area contributed by atoms with Gasteiger partial charge in [-0.1, -0.05) is 23.2 Å². The summed E-state index contributed by atoms with van der Waals surface area (Å²) in [6, 6.07) is 7.51. The molecule has 0 saturated carbocycles. The van der Waals surface area contributed by atoms with E-state index in [1.165, 1.54) is 24.3 Å². The molecule has 21 heavy (non-hydrogen) atoms. The summed E-state index contributed by atoms with van der Waals surface area (Å²) in [5, 5.41) is 0.737. The van der Waals surface area contributed by atoms with Crippen LogP contribution in [-0.2, 0) is 10.0 Å². The Hall–Kier alpha value is -0.950. The highest BCUT2D eigenvalue weighted by Gasteiger charge is 2.19. The van der Waals surface area contributed by atoms with Crippen molar-refractivity contribution in [3.8, 4) is 0 Å². The highest BCUT2D eigenvalue weighted by atomic mass is 79.9. The molecule has 2 aromatic rings. The summed E-state index contributed by atoms with van der Waals surface area (Å²) in [5.41, 5.74) is 6.97. The molecular weight excluding hydrogens is 399 g/mol. The predicted octanol–water partition coefficient (Wildman–Crippen LogP) is 4.45. The van der Waals surface area contributed by atoms with Gasteiger partial charge in [0.1, 0.15) is 4.90 Å². The average molecular weight is 410 g/mol. The lowest BCUT2D eigenvalue weighted by atomic mass is 10.2. The van der Waals surface area contributed by atoms with Crippen molar-refractivity contribution >= 4 is 60.5 Å². The summed E-state index contributed by atoms with van der Waals surface area (Å²) in [6.07, 6.45) is 0. The van der Waals surface area contributed by atoms with E-state index in [9.17, 15) is 8.42 Å². The van der Waals surface area contributed by atoms with E-state index in [-0.39, 0.29) is 15.6 Å². The van der Waals surface area contributed by atoms with E-state index in [2.05, 4.69) is 20.7 Å². The van der Waals surface area contributed by atoms with Crippen LogP contribution in [0.25, 0.3) is 0 Å². The summed E-state index contributed by atoms with van der Waals surface area (Å²) in [6.45, 7) is 1.82. The third-order valence-corrected chi connectivity index (χ3v) is 5.48. The van der Waals surface area contributed by atoms with Crippen LogP contribution in [0.2, 0.25) is 10.0 Å². The molecule has 3 N–H and O–H groups in total. The molecule has 0 spiro atoms. The summed E-state index contributed by atoms with van der Waals surface area (Å²) in [4.78, 5) is -0.0846. The number of nitrogens with two attached hydrogens (primary N) is 1. The van der Waals surface area contributed by atoms with Gasteiger partial charge in [0, 0.05) is 14.5 Å². The van der Waals surface area contributed by atoms with Crippen LogP contribution in [0.4, 0.5) is 11.4 Å². The molecular formula is C13H11BrCl2N2O2S. The number of anilines is 2. The molecule has 8 heteroatoms. The lowest BCUT2D eigenvalue weighted by Crippen LogP contribution is -2.15. The van der Waals surface area contributed by atoms with Crippen molar-refractivity contribution in [1.29, 1.82) is 0 Å². The second kappa shape index (κ2) is 6.04. The standard InChI is InChI=1S/C13H11BrCl2N2O2S/c1-7-4-9(14)12(6-10(7)16)18-21(19,20)13-5-8(15)2-3-11(13)17/h2-6,18H,17H2,1H3. The van der Waals surface area contributed by atoms with Gasteiger partial charge in [-0.15, -0.1) is 0 Å². The number of rotatable bonds is 3. The van der Waals surface area contributed by atoms with E-state index in [0.717, 1.165) is 5.56 Å². The van der Waals surface area contributed by atoms with Gasteiger partial charge in [-0.2, -0.15) is 0 Å². The highest BCUT2D eigenvalue weighted by molar-refractivity contribution is 9.10. The lowest BCUT2D eigenvalue weighted by molar-refractivity contribution is 0.601. The molecule has 0 aliphatic rings.